The quantitative estimate of drug-likeness (QED) is 0.496. The molecule has 4 saturated heterocycles. The van der Waals surface area contributed by atoms with Crippen LogP contribution in [0.1, 0.15) is 35.1 Å². The van der Waals surface area contributed by atoms with Gasteiger partial charge in [0.1, 0.15) is 0 Å². The predicted octanol–water partition coefficient (Wildman–Crippen LogP) is 2.31. The number of nitrogens with zero attached hydrogens (tertiary/aromatic N) is 6. The van der Waals surface area contributed by atoms with Gasteiger partial charge < -0.3 is 38.9 Å². The van der Waals surface area contributed by atoms with Crippen molar-refractivity contribution in [1.29, 1.82) is 0 Å². The summed E-state index contributed by atoms with van der Waals surface area (Å²) < 4.78 is 10.3. The van der Waals surface area contributed by atoms with E-state index < -0.39 is 0 Å². The van der Waals surface area contributed by atoms with Crippen LogP contribution in [0.4, 0.5) is 0 Å². The highest BCUT2D eigenvalue weighted by molar-refractivity contribution is 4.65. The van der Waals surface area contributed by atoms with E-state index in [-0.39, 0.29) is 22.3 Å². The van der Waals surface area contributed by atoms with Crippen molar-refractivity contribution in [2.75, 3.05) is 147 Å². The maximum Gasteiger partial charge on any atom is 0.0594 e. The molecule has 0 unspecified atom stereocenters. The Kier molecular flexibility index (Phi) is 28.4. The molecule has 35 heavy (non-hydrogen) atoms. The van der Waals surface area contributed by atoms with Crippen LogP contribution in [0, 0.1) is 0 Å². The van der Waals surface area contributed by atoms with Gasteiger partial charge in [0.15, 0.2) is 0 Å². The molecule has 0 bridgehead atoms. The van der Waals surface area contributed by atoms with Gasteiger partial charge in [-0.15, -0.1) is 0 Å². The molecule has 0 N–H and O–H groups in total. The third-order valence-electron chi connectivity index (χ3n) is 6.35. The maximum absolute atomic E-state index is 5.22. The lowest BCUT2D eigenvalue weighted by Gasteiger charge is -2.28. The third kappa shape index (κ3) is 23.8. The average Bonchev–Trinajstić information content (AvgIpc) is 3.14. The van der Waals surface area contributed by atoms with Gasteiger partial charge in [-0.25, -0.2) is 0 Å². The Bertz CT molecular complexity index is 390. The van der Waals surface area contributed by atoms with Gasteiger partial charge in [0.25, 0.3) is 0 Å². The highest BCUT2D eigenvalue weighted by Gasteiger charge is 2.08. The number of likely N-dealkylation sites (N-methyl/N-ethyl adjacent to an activating group) is 6. The van der Waals surface area contributed by atoms with Gasteiger partial charge in [-0.3, -0.25) is 0 Å². The fraction of sp³-hybridized carbons (Fsp3) is 1.00. The lowest BCUT2D eigenvalue weighted by Crippen LogP contribution is -2.42. The molecule has 0 saturated carbocycles. The van der Waals surface area contributed by atoms with E-state index in [0.717, 1.165) is 46.1 Å². The minimum absolute atomic E-state index is 0. The van der Waals surface area contributed by atoms with Gasteiger partial charge in [0, 0.05) is 72.1 Å². The molecular formula is C27H66N6O2. The molecule has 0 aromatic rings. The molecule has 0 atom stereocenters. The SMILES string of the molecule is C.C.C.CN1CCCN(C)CC1.CN1CCCOCC1.CN1CCN(C)CC1.CN1CCOCC1. The molecule has 4 heterocycles. The topological polar surface area (TPSA) is 37.9 Å². The fourth-order valence-corrected chi connectivity index (χ4v) is 3.61. The molecule has 0 aromatic carbocycles. The molecule has 8 heteroatoms. The van der Waals surface area contributed by atoms with Crippen molar-refractivity contribution in [2.24, 2.45) is 0 Å². The second-order valence-corrected chi connectivity index (χ2v) is 9.75. The average molecular weight is 507 g/mol. The molecule has 0 radical (unpaired) electrons. The van der Waals surface area contributed by atoms with E-state index in [4.69, 9.17) is 9.47 Å². The molecule has 0 amide bonds. The van der Waals surface area contributed by atoms with Crippen molar-refractivity contribution in [3.05, 3.63) is 0 Å². The Labute approximate surface area is 221 Å². The molecule has 0 spiro atoms. The van der Waals surface area contributed by atoms with Crippen molar-refractivity contribution in [1.82, 2.24) is 29.4 Å². The summed E-state index contributed by atoms with van der Waals surface area (Å²) in [7, 11) is 13.0. The Morgan fingerprint density at radius 1 is 0.314 bits per heavy atom. The Morgan fingerprint density at radius 3 is 0.943 bits per heavy atom. The van der Waals surface area contributed by atoms with Crippen molar-refractivity contribution in [2.45, 2.75) is 35.1 Å². The first kappa shape index (κ1) is 39.2. The van der Waals surface area contributed by atoms with Crippen LogP contribution in [-0.2, 0) is 9.47 Å². The zero-order valence-electron chi connectivity index (χ0n) is 22.2. The van der Waals surface area contributed by atoms with Gasteiger partial charge in [0.05, 0.1) is 19.8 Å². The summed E-state index contributed by atoms with van der Waals surface area (Å²) in [5, 5.41) is 0. The highest BCUT2D eigenvalue weighted by atomic mass is 16.5. The monoisotopic (exact) mass is 507 g/mol. The summed E-state index contributed by atoms with van der Waals surface area (Å²) in [6, 6.07) is 0. The number of piperazine rings is 1. The minimum atomic E-state index is 0. The maximum atomic E-state index is 5.22. The number of morpholine rings is 1. The first-order valence-corrected chi connectivity index (χ1v) is 12.6. The molecule has 4 fully saturated rings. The van der Waals surface area contributed by atoms with Gasteiger partial charge in [-0.05, 0) is 68.2 Å². The van der Waals surface area contributed by atoms with Crippen molar-refractivity contribution >= 4 is 0 Å². The second-order valence-electron chi connectivity index (χ2n) is 9.75. The minimum Gasteiger partial charge on any atom is -0.380 e. The van der Waals surface area contributed by atoms with Crippen molar-refractivity contribution in [3.8, 4) is 0 Å². The largest absolute Gasteiger partial charge is 0.380 e. The Hall–Kier alpha value is -0.320. The van der Waals surface area contributed by atoms with Crippen LogP contribution in [-0.4, -0.2) is 177 Å². The van der Waals surface area contributed by atoms with E-state index in [1.165, 1.54) is 71.7 Å². The molecular weight excluding hydrogens is 440 g/mol. The van der Waals surface area contributed by atoms with Crippen molar-refractivity contribution in [3.63, 3.8) is 0 Å². The number of hydrogen-bond donors (Lipinski definition) is 0. The van der Waals surface area contributed by atoms with Crippen LogP contribution < -0.4 is 0 Å². The van der Waals surface area contributed by atoms with Crippen LogP contribution in [0.15, 0.2) is 0 Å². The van der Waals surface area contributed by atoms with Gasteiger partial charge in [-0.2, -0.15) is 0 Å². The fourth-order valence-electron chi connectivity index (χ4n) is 3.61. The summed E-state index contributed by atoms with van der Waals surface area (Å²) in [5.74, 6) is 0. The first-order chi connectivity index (χ1) is 15.4. The normalized spacial score (nSPS) is 23.5. The summed E-state index contributed by atoms with van der Waals surface area (Å²) in [5.41, 5.74) is 0. The van der Waals surface area contributed by atoms with Crippen LogP contribution in [0.5, 0.6) is 0 Å². The molecule has 4 aliphatic rings. The molecule has 0 aromatic heterocycles. The highest BCUT2D eigenvalue weighted by Crippen LogP contribution is 1.97. The molecule has 4 aliphatic heterocycles. The van der Waals surface area contributed by atoms with E-state index in [0.29, 0.717) is 0 Å². The lowest BCUT2D eigenvalue weighted by atomic mass is 10.4. The summed E-state index contributed by atoms with van der Waals surface area (Å²) in [4.78, 5) is 14.1. The molecule has 8 nitrogen and oxygen atoms in total. The van der Waals surface area contributed by atoms with E-state index in [1.54, 1.807) is 0 Å². The standard InChI is InChI=1S/C7H16N2.C6H14N2.C6H13NO.C5H11NO.3CH4/c1-8-4-3-5-9(2)7-6-8;1-7-3-5-8(2)6-4-7;1-7-3-2-5-8-6-4-7;1-6-2-4-7-5-3-6;;;/h3-7H2,1-2H3;3-6H2,1-2H3;2-6H2,1H3;2-5H2,1H3;3*1H4. The van der Waals surface area contributed by atoms with Crippen LogP contribution in [0.3, 0.4) is 0 Å². The van der Waals surface area contributed by atoms with Crippen molar-refractivity contribution < 1.29 is 9.47 Å². The molecule has 0 aliphatic carbocycles. The number of rotatable bonds is 0. The smallest absolute Gasteiger partial charge is 0.0594 e. The lowest BCUT2D eigenvalue weighted by molar-refractivity contribution is 0.0503. The summed E-state index contributed by atoms with van der Waals surface area (Å²) >= 11 is 0. The predicted molar refractivity (Wildman–Crippen MR) is 156 cm³/mol. The molecule has 4 rings (SSSR count). The van der Waals surface area contributed by atoms with Gasteiger partial charge in [-0.1, -0.05) is 22.3 Å². The van der Waals surface area contributed by atoms with E-state index in [9.17, 15) is 0 Å². The zero-order valence-corrected chi connectivity index (χ0v) is 22.2. The molecule has 216 valence electrons. The number of ether oxygens (including phenoxy) is 2. The van der Waals surface area contributed by atoms with E-state index in [2.05, 4.69) is 71.7 Å². The zero-order chi connectivity index (χ0) is 23.6. The Morgan fingerprint density at radius 2 is 0.571 bits per heavy atom. The number of hydrogen-bond acceptors (Lipinski definition) is 8. The van der Waals surface area contributed by atoms with Crippen LogP contribution in [0.25, 0.3) is 0 Å². The third-order valence-corrected chi connectivity index (χ3v) is 6.35. The van der Waals surface area contributed by atoms with E-state index >= 15 is 0 Å². The van der Waals surface area contributed by atoms with Gasteiger partial charge in [0.2, 0.25) is 0 Å². The second kappa shape index (κ2) is 25.3. The van der Waals surface area contributed by atoms with Crippen LogP contribution in [0.2, 0.25) is 0 Å². The van der Waals surface area contributed by atoms with Crippen LogP contribution >= 0.6 is 0 Å². The summed E-state index contributed by atoms with van der Waals surface area (Å²) in [6.45, 7) is 18.1. The first-order valence-electron chi connectivity index (χ1n) is 12.6. The summed E-state index contributed by atoms with van der Waals surface area (Å²) in [6.07, 6.45) is 2.52. The van der Waals surface area contributed by atoms with E-state index in [1.807, 2.05) is 0 Å². The van der Waals surface area contributed by atoms with Gasteiger partial charge >= 0.3 is 0 Å². The Balaban J connectivity index is -0.000000380.